The number of anilines is 2. The Morgan fingerprint density at radius 2 is 1.86 bits per heavy atom. The van der Waals surface area contributed by atoms with E-state index < -0.39 is 5.97 Å². The predicted molar refractivity (Wildman–Crippen MR) is 111 cm³/mol. The van der Waals surface area contributed by atoms with Crippen molar-refractivity contribution in [3.63, 3.8) is 0 Å². The summed E-state index contributed by atoms with van der Waals surface area (Å²) in [7, 11) is 0. The Labute approximate surface area is 164 Å². The van der Waals surface area contributed by atoms with E-state index in [1.54, 1.807) is 18.3 Å². The van der Waals surface area contributed by atoms with Gasteiger partial charge in [-0.3, -0.25) is 4.79 Å². The number of aromatic carboxylic acids is 1. The molecule has 0 bridgehead atoms. The molecule has 2 aromatic carbocycles. The zero-order valence-electron chi connectivity index (χ0n) is 16.0. The van der Waals surface area contributed by atoms with Gasteiger partial charge in [0.25, 0.3) is 5.91 Å². The van der Waals surface area contributed by atoms with Crippen LogP contribution in [-0.4, -0.2) is 22.7 Å². The minimum Gasteiger partial charge on any atom is -0.478 e. The molecule has 144 valence electrons. The molecule has 0 saturated carbocycles. The maximum atomic E-state index is 13.0. The van der Waals surface area contributed by atoms with E-state index in [1.807, 2.05) is 25.1 Å². The molecule has 0 saturated heterocycles. The molecule has 2 aromatic rings. The van der Waals surface area contributed by atoms with Crippen LogP contribution in [0.25, 0.3) is 0 Å². The Balaban J connectivity index is 1.88. The third-order valence-electron chi connectivity index (χ3n) is 4.57. The number of nitrogens with one attached hydrogen (secondary N) is 1. The molecule has 6 heteroatoms. The summed E-state index contributed by atoms with van der Waals surface area (Å²) in [5.41, 5.74) is 4.08. The highest BCUT2D eigenvalue weighted by molar-refractivity contribution is 6.30. The van der Waals surface area contributed by atoms with Crippen LogP contribution in [0.3, 0.4) is 0 Å². The number of carbonyl (C=O) groups excluding carboxylic acids is 1. The van der Waals surface area contributed by atoms with E-state index in [9.17, 15) is 9.59 Å². The number of para-hydroxylation sites is 1. The lowest BCUT2D eigenvalue weighted by Crippen LogP contribution is -2.22. The predicted octanol–water partition coefficient (Wildman–Crippen LogP) is 4.45. The Kier molecular flexibility index (Phi) is 5.89. The molecule has 0 unspecified atom stereocenters. The third-order valence-corrected chi connectivity index (χ3v) is 4.57. The summed E-state index contributed by atoms with van der Waals surface area (Å²) in [6.45, 7) is 4.12. The van der Waals surface area contributed by atoms with Crippen molar-refractivity contribution < 1.29 is 14.7 Å². The second-order valence-corrected chi connectivity index (χ2v) is 6.48. The van der Waals surface area contributed by atoms with Gasteiger partial charge in [0.1, 0.15) is 0 Å². The molecule has 3 rings (SSSR count). The van der Waals surface area contributed by atoms with Crippen molar-refractivity contribution >= 4 is 29.0 Å². The number of benzene rings is 2. The maximum absolute atomic E-state index is 13.0. The summed E-state index contributed by atoms with van der Waals surface area (Å²) < 4.78 is 0. The molecule has 0 radical (unpaired) electrons. The first-order chi connectivity index (χ1) is 13.5. The Morgan fingerprint density at radius 1 is 1.14 bits per heavy atom. The van der Waals surface area contributed by atoms with E-state index in [2.05, 4.69) is 23.4 Å². The molecule has 0 aromatic heterocycles. The number of carboxylic acid groups (broad SMARTS) is 1. The van der Waals surface area contributed by atoms with Gasteiger partial charge in [-0.2, -0.15) is 10.1 Å². The molecule has 0 fully saturated rings. The van der Waals surface area contributed by atoms with Gasteiger partial charge in [-0.15, -0.1) is 0 Å². The molecule has 2 N–H and O–H groups in total. The molecular formula is C22H23N3O3. The highest BCUT2D eigenvalue weighted by atomic mass is 16.4. The van der Waals surface area contributed by atoms with Gasteiger partial charge in [-0.05, 0) is 48.7 Å². The molecule has 0 spiro atoms. The first kappa shape index (κ1) is 19.4. The number of aryl methyl sites for hydroxylation is 1. The van der Waals surface area contributed by atoms with Crippen LogP contribution in [0.1, 0.15) is 42.6 Å². The first-order valence-corrected chi connectivity index (χ1v) is 9.35. The first-order valence-electron chi connectivity index (χ1n) is 9.35. The van der Waals surface area contributed by atoms with Crippen molar-refractivity contribution in [1.82, 2.24) is 0 Å². The maximum Gasteiger partial charge on any atom is 0.335 e. The second-order valence-electron chi connectivity index (χ2n) is 6.48. The standard InChI is InChI=1S/C22H23N3O3/c1-3-7-20-18(14-23-19-9-6-5-8-15(19)4-2)21(26)25(24-20)17-12-10-16(11-13-17)22(27)28/h5-6,8-14,23H,3-4,7H2,1-2H3,(H,27,28). The fourth-order valence-electron chi connectivity index (χ4n) is 3.06. The monoisotopic (exact) mass is 377 g/mol. The fourth-order valence-corrected chi connectivity index (χ4v) is 3.06. The van der Waals surface area contributed by atoms with Crippen LogP contribution in [0, 0.1) is 0 Å². The van der Waals surface area contributed by atoms with Gasteiger partial charge in [0.15, 0.2) is 0 Å². The lowest BCUT2D eigenvalue weighted by atomic mass is 10.1. The van der Waals surface area contributed by atoms with E-state index in [0.717, 1.165) is 24.2 Å². The SMILES string of the molecule is CCCC1=NN(c2ccc(C(=O)O)cc2)C(=O)C1=CNc1ccccc1CC. The van der Waals surface area contributed by atoms with Crippen LogP contribution in [0.5, 0.6) is 0 Å². The van der Waals surface area contributed by atoms with Gasteiger partial charge in [0.2, 0.25) is 0 Å². The zero-order valence-corrected chi connectivity index (χ0v) is 16.0. The molecule has 28 heavy (non-hydrogen) atoms. The van der Waals surface area contributed by atoms with Gasteiger partial charge < -0.3 is 10.4 Å². The minimum atomic E-state index is -1.01. The quantitative estimate of drug-likeness (QED) is 0.699. The van der Waals surface area contributed by atoms with Crippen molar-refractivity contribution in [2.45, 2.75) is 33.1 Å². The van der Waals surface area contributed by atoms with E-state index in [0.29, 0.717) is 17.7 Å². The molecule has 0 atom stereocenters. The van der Waals surface area contributed by atoms with E-state index in [-0.39, 0.29) is 11.5 Å². The number of amides is 1. The van der Waals surface area contributed by atoms with Crippen molar-refractivity contribution in [2.24, 2.45) is 5.10 Å². The van der Waals surface area contributed by atoms with Gasteiger partial charge in [-0.25, -0.2) is 4.79 Å². The summed E-state index contributed by atoms with van der Waals surface area (Å²) >= 11 is 0. The highest BCUT2D eigenvalue weighted by Gasteiger charge is 2.30. The number of carboxylic acids is 1. The largest absolute Gasteiger partial charge is 0.478 e. The smallest absolute Gasteiger partial charge is 0.335 e. The van der Waals surface area contributed by atoms with Crippen molar-refractivity contribution in [2.75, 3.05) is 10.3 Å². The van der Waals surface area contributed by atoms with E-state index in [1.165, 1.54) is 22.7 Å². The average Bonchev–Trinajstić information content (AvgIpc) is 3.02. The van der Waals surface area contributed by atoms with Crippen molar-refractivity contribution in [1.29, 1.82) is 0 Å². The van der Waals surface area contributed by atoms with Crippen LogP contribution < -0.4 is 10.3 Å². The van der Waals surface area contributed by atoms with Crippen molar-refractivity contribution in [3.05, 3.63) is 71.4 Å². The zero-order chi connectivity index (χ0) is 20.1. The third kappa shape index (κ3) is 3.96. The number of hydrogen-bond donors (Lipinski definition) is 2. The van der Waals surface area contributed by atoms with Gasteiger partial charge in [0, 0.05) is 11.9 Å². The summed E-state index contributed by atoms with van der Waals surface area (Å²) in [5, 5.41) is 18.1. The highest BCUT2D eigenvalue weighted by Crippen LogP contribution is 2.26. The van der Waals surface area contributed by atoms with Crippen LogP contribution in [0.2, 0.25) is 0 Å². The Bertz CT molecular complexity index is 946. The summed E-state index contributed by atoms with van der Waals surface area (Å²) in [5.74, 6) is -1.23. The molecule has 1 aliphatic heterocycles. The fraction of sp³-hybridized carbons (Fsp3) is 0.227. The van der Waals surface area contributed by atoms with E-state index in [4.69, 9.17) is 5.11 Å². The molecule has 1 heterocycles. The summed E-state index contributed by atoms with van der Waals surface area (Å²) in [6, 6.07) is 14.1. The molecule has 6 nitrogen and oxygen atoms in total. The average molecular weight is 377 g/mol. The topological polar surface area (TPSA) is 82.0 Å². The second kappa shape index (κ2) is 8.52. The van der Waals surface area contributed by atoms with Crippen LogP contribution in [0.4, 0.5) is 11.4 Å². The number of nitrogens with zero attached hydrogens (tertiary/aromatic N) is 2. The molecule has 0 aliphatic carbocycles. The Morgan fingerprint density at radius 3 is 2.50 bits per heavy atom. The number of hydrazone groups is 1. The molecule has 1 aliphatic rings. The van der Waals surface area contributed by atoms with Crippen LogP contribution in [0.15, 0.2) is 65.4 Å². The lowest BCUT2D eigenvalue weighted by Gasteiger charge is -2.12. The van der Waals surface area contributed by atoms with Crippen LogP contribution in [-0.2, 0) is 11.2 Å². The van der Waals surface area contributed by atoms with Gasteiger partial charge in [-0.1, -0.05) is 38.5 Å². The molecule has 1 amide bonds. The molecular weight excluding hydrogens is 354 g/mol. The van der Waals surface area contributed by atoms with Gasteiger partial charge in [0.05, 0.1) is 22.5 Å². The normalized spacial score (nSPS) is 15.1. The lowest BCUT2D eigenvalue weighted by molar-refractivity contribution is -0.114. The summed E-state index contributed by atoms with van der Waals surface area (Å²) in [6.07, 6.45) is 4.15. The van der Waals surface area contributed by atoms with E-state index >= 15 is 0 Å². The number of carbonyl (C=O) groups is 2. The number of hydrogen-bond acceptors (Lipinski definition) is 4. The van der Waals surface area contributed by atoms with Crippen LogP contribution >= 0.6 is 0 Å². The van der Waals surface area contributed by atoms with Gasteiger partial charge >= 0.3 is 5.97 Å². The number of rotatable bonds is 7. The van der Waals surface area contributed by atoms with Crippen molar-refractivity contribution in [3.8, 4) is 0 Å². The Hall–Kier alpha value is -3.41. The minimum absolute atomic E-state index is 0.168. The summed E-state index contributed by atoms with van der Waals surface area (Å²) in [4.78, 5) is 24.0.